The van der Waals surface area contributed by atoms with Crippen LogP contribution in [-0.2, 0) is 9.53 Å². The quantitative estimate of drug-likeness (QED) is 0.771. The highest BCUT2D eigenvalue weighted by molar-refractivity contribution is 5.95. The number of carbonyl (C=O) groups is 2. The van der Waals surface area contributed by atoms with Crippen LogP contribution in [0.25, 0.3) is 0 Å². The van der Waals surface area contributed by atoms with Crippen LogP contribution in [-0.4, -0.2) is 35.8 Å². The second kappa shape index (κ2) is 8.38. The topological polar surface area (TPSA) is 84.9 Å². The lowest BCUT2D eigenvalue weighted by atomic mass is 10.2. The van der Waals surface area contributed by atoms with Gasteiger partial charge in [-0.3, -0.25) is 4.79 Å². The highest BCUT2D eigenvalue weighted by Gasteiger charge is 2.13. The van der Waals surface area contributed by atoms with E-state index in [9.17, 15) is 9.59 Å². The fourth-order valence-corrected chi connectivity index (χ4v) is 1.72. The summed E-state index contributed by atoms with van der Waals surface area (Å²) in [7, 11) is 0. The number of carboxylic acid groups (broad SMARTS) is 1. The molecule has 1 aromatic rings. The van der Waals surface area contributed by atoms with Gasteiger partial charge in [-0.05, 0) is 45.9 Å². The summed E-state index contributed by atoms with van der Waals surface area (Å²) in [6.45, 7) is 7.80. The molecule has 122 valence electrons. The van der Waals surface area contributed by atoms with E-state index in [1.165, 1.54) is 12.1 Å². The third-order valence-electron chi connectivity index (χ3n) is 2.64. The lowest BCUT2D eigenvalue weighted by Crippen LogP contribution is -2.17. The minimum absolute atomic E-state index is 0.0583. The first-order chi connectivity index (χ1) is 10.3. The SMILES string of the molecule is CC(C)OCCC(=O)Nc1cc(C(=O)O)ccc1OC(C)C. The summed E-state index contributed by atoms with van der Waals surface area (Å²) >= 11 is 0. The van der Waals surface area contributed by atoms with Crippen molar-refractivity contribution < 1.29 is 24.2 Å². The molecule has 2 N–H and O–H groups in total. The fourth-order valence-electron chi connectivity index (χ4n) is 1.72. The summed E-state index contributed by atoms with van der Waals surface area (Å²) in [4.78, 5) is 23.0. The molecule has 1 aromatic carbocycles. The van der Waals surface area contributed by atoms with Gasteiger partial charge in [0.05, 0.1) is 36.5 Å². The average Bonchev–Trinajstić information content (AvgIpc) is 2.39. The first-order valence-electron chi connectivity index (χ1n) is 7.25. The van der Waals surface area contributed by atoms with Crippen LogP contribution in [0.1, 0.15) is 44.5 Å². The number of nitrogens with one attached hydrogen (secondary N) is 1. The van der Waals surface area contributed by atoms with Gasteiger partial charge in [0.2, 0.25) is 5.91 Å². The fraction of sp³-hybridized carbons (Fsp3) is 0.500. The Hall–Kier alpha value is -2.08. The summed E-state index contributed by atoms with van der Waals surface area (Å²) in [5, 5.41) is 11.7. The van der Waals surface area contributed by atoms with E-state index in [0.29, 0.717) is 18.0 Å². The third kappa shape index (κ3) is 6.13. The number of anilines is 1. The van der Waals surface area contributed by atoms with E-state index in [1.54, 1.807) is 6.07 Å². The van der Waals surface area contributed by atoms with E-state index in [4.69, 9.17) is 14.6 Å². The number of carbonyl (C=O) groups excluding carboxylic acids is 1. The molecule has 0 aliphatic carbocycles. The van der Waals surface area contributed by atoms with E-state index in [1.807, 2.05) is 27.7 Å². The van der Waals surface area contributed by atoms with Gasteiger partial charge in [-0.25, -0.2) is 4.79 Å². The maximum atomic E-state index is 11.9. The van der Waals surface area contributed by atoms with Crippen LogP contribution in [0.4, 0.5) is 5.69 Å². The standard InChI is InChI=1S/C16H23NO5/c1-10(2)21-8-7-15(18)17-13-9-12(16(19)20)5-6-14(13)22-11(3)4/h5-6,9-11H,7-8H2,1-4H3,(H,17,18)(H,19,20). The number of hydrogen-bond donors (Lipinski definition) is 2. The Balaban J connectivity index is 2.82. The van der Waals surface area contributed by atoms with Gasteiger partial charge in [0, 0.05) is 0 Å². The predicted octanol–water partition coefficient (Wildman–Crippen LogP) is 2.93. The van der Waals surface area contributed by atoms with Crippen molar-refractivity contribution in [1.29, 1.82) is 0 Å². The number of carboxylic acids is 1. The number of aromatic carboxylic acids is 1. The van der Waals surface area contributed by atoms with Crippen LogP contribution in [0.3, 0.4) is 0 Å². The summed E-state index contributed by atoms with van der Waals surface area (Å²) in [6, 6.07) is 4.38. The molecule has 0 spiro atoms. The summed E-state index contributed by atoms with van der Waals surface area (Å²) < 4.78 is 10.9. The van der Waals surface area contributed by atoms with Gasteiger partial charge in [-0.1, -0.05) is 0 Å². The first kappa shape index (κ1) is 18.0. The molecule has 0 saturated heterocycles. The van der Waals surface area contributed by atoms with Crippen LogP contribution in [0, 0.1) is 0 Å². The number of amides is 1. The molecule has 0 aliphatic rings. The molecular formula is C16H23NO5. The molecule has 0 atom stereocenters. The molecule has 6 heteroatoms. The number of hydrogen-bond acceptors (Lipinski definition) is 4. The van der Waals surface area contributed by atoms with Crippen LogP contribution >= 0.6 is 0 Å². The summed E-state index contributed by atoms with van der Waals surface area (Å²) in [5.74, 6) is -0.871. The van der Waals surface area contributed by atoms with Crippen molar-refractivity contribution in [3.05, 3.63) is 23.8 Å². The molecule has 22 heavy (non-hydrogen) atoms. The maximum absolute atomic E-state index is 11.9. The summed E-state index contributed by atoms with van der Waals surface area (Å²) in [5.41, 5.74) is 0.438. The first-order valence-corrected chi connectivity index (χ1v) is 7.25. The molecule has 0 saturated carbocycles. The van der Waals surface area contributed by atoms with E-state index in [-0.39, 0.29) is 30.1 Å². The Morgan fingerprint density at radius 3 is 2.41 bits per heavy atom. The van der Waals surface area contributed by atoms with Crippen LogP contribution in [0.5, 0.6) is 5.75 Å². The molecule has 6 nitrogen and oxygen atoms in total. The molecule has 0 aromatic heterocycles. The largest absolute Gasteiger partial charge is 0.489 e. The molecule has 0 aliphatic heterocycles. The molecular weight excluding hydrogens is 286 g/mol. The Labute approximate surface area is 130 Å². The number of ether oxygens (including phenoxy) is 2. The molecule has 0 fully saturated rings. The monoisotopic (exact) mass is 309 g/mol. The highest BCUT2D eigenvalue weighted by Crippen LogP contribution is 2.27. The number of rotatable bonds is 8. The van der Waals surface area contributed by atoms with Crippen molar-refractivity contribution in [2.45, 2.75) is 46.3 Å². The molecule has 1 amide bonds. The lowest BCUT2D eigenvalue weighted by Gasteiger charge is -2.16. The molecule has 0 bridgehead atoms. The van der Waals surface area contributed by atoms with Gasteiger partial charge in [-0.15, -0.1) is 0 Å². The third-order valence-corrected chi connectivity index (χ3v) is 2.64. The molecule has 0 unspecified atom stereocenters. The van der Waals surface area contributed by atoms with Crippen molar-refractivity contribution in [2.75, 3.05) is 11.9 Å². The van der Waals surface area contributed by atoms with Crippen molar-refractivity contribution in [3.63, 3.8) is 0 Å². The Morgan fingerprint density at radius 2 is 1.86 bits per heavy atom. The van der Waals surface area contributed by atoms with Gasteiger partial charge in [0.25, 0.3) is 0 Å². The van der Waals surface area contributed by atoms with Crippen molar-refractivity contribution in [1.82, 2.24) is 0 Å². The van der Waals surface area contributed by atoms with Gasteiger partial charge >= 0.3 is 5.97 Å². The normalized spacial score (nSPS) is 10.8. The summed E-state index contributed by atoms with van der Waals surface area (Å²) in [6.07, 6.45) is 0.162. The zero-order valence-electron chi connectivity index (χ0n) is 13.4. The van der Waals surface area contributed by atoms with E-state index in [0.717, 1.165) is 0 Å². The number of benzene rings is 1. The zero-order valence-corrected chi connectivity index (χ0v) is 13.4. The van der Waals surface area contributed by atoms with E-state index < -0.39 is 5.97 Å². The highest BCUT2D eigenvalue weighted by atomic mass is 16.5. The molecule has 0 radical (unpaired) electrons. The van der Waals surface area contributed by atoms with E-state index >= 15 is 0 Å². The smallest absolute Gasteiger partial charge is 0.335 e. The Morgan fingerprint density at radius 1 is 1.18 bits per heavy atom. The second-order valence-corrected chi connectivity index (χ2v) is 5.40. The van der Waals surface area contributed by atoms with Gasteiger partial charge in [0.1, 0.15) is 5.75 Å². The molecule has 0 heterocycles. The Bertz CT molecular complexity index is 525. The maximum Gasteiger partial charge on any atom is 0.335 e. The van der Waals surface area contributed by atoms with Gasteiger partial charge in [0.15, 0.2) is 0 Å². The second-order valence-electron chi connectivity index (χ2n) is 5.40. The van der Waals surface area contributed by atoms with Crippen LogP contribution < -0.4 is 10.1 Å². The van der Waals surface area contributed by atoms with Gasteiger partial charge < -0.3 is 19.9 Å². The van der Waals surface area contributed by atoms with E-state index in [2.05, 4.69) is 5.32 Å². The average molecular weight is 309 g/mol. The minimum Gasteiger partial charge on any atom is -0.489 e. The molecule has 1 rings (SSSR count). The zero-order chi connectivity index (χ0) is 16.7. The van der Waals surface area contributed by atoms with Crippen molar-refractivity contribution >= 4 is 17.6 Å². The van der Waals surface area contributed by atoms with Crippen molar-refractivity contribution in [2.24, 2.45) is 0 Å². The van der Waals surface area contributed by atoms with Gasteiger partial charge in [-0.2, -0.15) is 0 Å². The Kier molecular flexibility index (Phi) is 6.85. The van der Waals surface area contributed by atoms with Crippen LogP contribution in [0.2, 0.25) is 0 Å². The predicted molar refractivity (Wildman–Crippen MR) is 83.5 cm³/mol. The van der Waals surface area contributed by atoms with Crippen LogP contribution in [0.15, 0.2) is 18.2 Å². The lowest BCUT2D eigenvalue weighted by molar-refractivity contribution is -0.117. The van der Waals surface area contributed by atoms with Crippen molar-refractivity contribution in [3.8, 4) is 5.75 Å². The minimum atomic E-state index is -1.06.